The summed E-state index contributed by atoms with van der Waals surface area (Å²) in [5.74, 6) is -2.48. The zero-order valence-corrected chi connectivity index (χ0v) is 29.2. The lowest BCUT2D eigenvalue weighted by Crippen LogP contribution is -2.59. The molecule has 6 rings (SSSR count). The summed E-state index contributed by atoms with van der Waals surface area (Å²) in [6, 6.07) is 14.1. The van der Waals surface area contributed by atoms with Crippen LogP contribution < -0.4 is 10.6 Å². The second-order valence-corrected chi connectivity index (χ2v) is 15.2. The van der Waals surface area contributed by atoms with E-state index in [4.69, 9.17) is 14.7 Å². The summed E-state index contributed by atoms with van der Waals surface area (Å²) in [7, 11) is 0. The van der Waals surface area contributed by atoms with Crippen molar-refractivity contribution in [2.75, 3.05) is 6.54 Å². The number of hydrogen-bond donors (Lipinski definition) is 3. The number of nitrogens with zero attached hydrogens (tertiary/aromatic N) is 2. The molecule has 0 unspecified atom stereocenters. The molecule has 3 amide bonds. The second kappa shape index (κ2) is 14.3. The largest absolute Gasteiger partial charge is 0.479 e. The Morgan fingerprint density at radius 1 is 1.02 bits per heavy atom. The number of carbonyl (C=O) groups is 4. The van der Waals surface area contributed by atoms with Gasteiger partial charge < -0.3 is 30.2 Å². The molecule has 1 saturated heterocycles. The van der Waals surface area contributed by atoms with Crippen LogP contribution in [0.3, 0.4) is 0 Å². The fourth-order valence-corrected chi connectivity index (χ4v) is 7.66. The molecule has 1 heterocycles. The number of nitrogens with one attached hydrogen (secondary N) is 2. The van der Waals surface area contributed by atoms with Gasteiger partial charge in [0, 0.05) is 17.5 Å². The number of benzene rings is 2. The minimum Gasteiger partial charge on any atom is -0.479 e. The molecule has 0 bridgehead atoms. The molecule has 50 heavy (non-hydrogen) atoms. The molecule has 3 aliphatic carbocycles. The van der Waals surface area contributed by atoms with Crippen molar-refractivity contribution < 1.29 is 33.9 Å². The topological polar surface area (TPSA) is 147 Å². The number of aryl methyl sites for hydroxylation is 2. The van der Waals surface area contributed by atoms with E-state index in [1.54, 1.807) is 6.08 Å². The highest BCUT2D eigenvalue weighted by Gasteiger charge is 2.62. The number of carbonyl (C=O) groups excluding carboxylic acids is 3. The molecule has 4 aliphatic rings. The first-order valence-electron chi connectivity index (χ1n) is 17.8. The SMILES string of the molecule is C=CC[C@@H]1C[C@]1(NC(=O)[C@@H]1C[C@@H](ON=C2c3ccccc3CCc3ccccc32)CN1C(=O)[C@@H](NC(=O)OC1CCCC1)C(C)(C)C)C(=O)O. The van der Waals surface area contributed by atoms with Crippen LogP contribution in [0, 0.1) is 11.3 Å². The summed E-state index contributed by atoms with van der Waals surface area (Å²) >= 11 is 0. The number of ether oxygens (including phenoxy) is 1. The number of rotatable bonds is 10. The van der Waals surface area contributed by atoms with Crippen molar-refractivity contribution in [2.24, 2.45) is 16.5 Å². The molecule has 2 saturated carbocycles. The van der Waals surface area contributed by atoms with Gasteiger partial charge in [0.1, 0.15) is 35.5 Å². The van der Waals surface area contributed by atoms with Crippen molar-refractivity contribution in [3.63, 3.8) is 0 Å². The predicted molar refractivity (Wildman–Crippen MR) is 187 cm³/mol. The molecule has 0 radical (unpaired) electrons. The molecule has 2 aromatic carbocycles. The third-order valence-corrected chi connectivity index (χ3v) is 10.6. The lowest BCUT2D eigenvalue weighted by molar-refractivity contribution is -0.146. The lowest BCUT2D eigenvalue weighted by atomic mass is 9.85. The van der Waals surface area contributed by atoms with Gasteiger partial charge in [-0.3, -0.25) is 9.59 Å². The molecule has 2 aromatic rings. The van der Waals surface area contributed by atoms with Crippen LogP contribution in [0.4, 0.5) is 4.79 Å². The van der Waals surface area contributed by atoms with Crippen LogP contribution in [0.15, 0.2) is 66.3 Å². The van der Waals surface area contributed by atoms with Crippen LogP contribution in [0.5, 0.6) is 0 Å². The molecule has 3 N–H and O–H groups in total. The maximum absolute atomic E-state index is 14.4. The quantitative estimate of drug-likeness (QED) is 0.232. The Morgan fingerprint density at radius 3 is 2.22 bits per heavy atom. The van der Waals surface area contributed by atoms with Gasteiger partial charge in [-0.25, -0.2) is 9.59 Å². The number of likely N-dealkylation sites (tertiary alicyclic amines) is 1. The van der Waals surface area contributed by atoms with E-state index in [-0.39, 0.29) is 31.4 Å². The Kier molecular flexibility index (Phi) is 10.0. The average molecular weight is 685 g/mol. The van der Waals surface area contributed by atoms with E-state index in [2.05, 4.69) is 29.3 Å². The fraction of sp³-hybridized carbons (Fsp3) is 0.513. The summed E-state index contributed by atoms with van der Waals surface area (Å²) < 4.78 is 5.64. The molecule has 5 atom stereocenters. The van der Waals surface area contributed by atoms with E-state index in [0.29, 0.717) is 12.1 Å². The van der Waals surface area contributed by atoms with Gasteiger partial charge in [0.15, 0.2) is 0 Å². The van der Waals surface area contributed by atoms with Crippen LogP contribution in [0.1, 0.15) is 88.0 Å². The highest BCUT2D eigenvalue weighted by Crippen LogP contribution is 2.46. The van der Waals surface area contributed by atoms with Gasteiger partial charge in [0.25, 0.3) is 0 Å². The van der Waals surface area contributed by atoms with Gasteiger partial charge in [-0.05, 0) is 73.8 Å². The Hall–Kier alpha value is -4.67. The van der Waals surface area contributed by atoms with E-state index in [9.17, 15) is 24.3 Å². The number of hydrogen-bond acceptors (Lipinski definition) is 7. The number of carboxylic acids is 1. The van der Waals surface area contributed by atoms with Crippen molar-refractivity contribution in [2.45, 2.75) is 108 Å². The van der Waals surface area contributed by atoms with E-state index in [1.165, 1.54) is 4.90 Å². The van der Waals surface area contributed by atoms with E-state index in [0.717, 1.165) is 60.8 Å². The summed E-state index contributed by atoms with van der Waals surface area (Å²) in [5, 5.41) is 20.4. The Bertz CT molecular complexity index is 1630. The first-order valence-corrected chi connectivity index (χ1v) is 17.8. The van der Waals surface area contributed by atoms with Gasteiger partial charge in [0.05, 0.1) is 6.54 Å². The van der Waals surface area contributed by atoms with Crippen LogP contribution in [0.25, 0.3) is 0 Å². The van der Waals surface area contributed by atoms with E-state index < -0.39 is 53.0 Å². The first kappa shape index (κ1) is 35.2. The standard InChI is InChI=1S/C39H48N4O7/c1-5-12-26-22-39(26,36(46)47)41-34(44)31-21-28(23-43(31)35(45)33(38(2,3)4)40-37(48)49-27-15-8-9-16-27)50-42-32-29-17-10-6-13-24(29)19-20-25-14-7-11-18-30(25)32/h5-7,10-11,13-14,17-18,26-28,31,33H,1,8-9,12,15-16,19-23H2,2-4H3,(H,40,48)(H,41,44)(H,46,47)/t26-,28-,31+,33-,39-/m1/s1. The normalized spacial score (nSPS) is 25.0. The minimum atomic E-state index is -1.43. The first-order chi connectivity index (χ1) is 23.9. The zero-order chi connectivity index (χ0) is 35.6. The summed E-state index contributed by atoms with van der Waals surface area (Å²) in [6.45, 7) is 9.24. The maximum Gasteiger partial charge on any atom is 0.408 e. The predicted octanol–water partition coefficient (Wildman–Crippen LogP) is 5.14. The van der Waals surface area contributed by atoms with Crippen molar-refractivity contribution in [1.29, 1.82) is 0 Å². The number of amides is 3. The van der Waals surface area contributed by atoms with Crippen LogP contribution in [-0.2, 0) is 36.8 Å². The van der Waals surface area contributed by atoms with Gasteiger partial charge in [-0.2, -0.15) is 0 Å². The van der Waals surface area contributed by atoms with Crippen LogP contribution >= 0.6 is 0 Å². The molecule has 11 heteroatoms. The smallest absolute Gasteiger partial charge is 0.408 e. The molecule has 0 aromatic heterocycles. The third kappa shape index (κ3) is 7.27. The van der Waals surface area contributed by atoms with E-state index in [1.807, 2.05) is 57.2 Å². The van der Waals surface area contributed by atoms with Gasteiger partial charge >= 0.3 is 12.1 Å². The second-order valence-electron chi connectivity index (χ2n) is 15.2. The van der Waals surface area contributed by atoms with Crippen molar-refractivity contribution in [3.05, 3.63) is 83.4 Å². The highest BCUT2D eigenvalue weighted by atomic mass is 16.6. The fourth-order valence-electron chi connectivity index (χ4n) is 7.66. The van der Waals surface area contributed by atoms with E-state index >= 15 is 0 Å². The molecule has 11 nitrogen and oxygen atoms in total. The number of carboxylic acid groups (broad SMARTS) is 1. The maximum atomic E-state index is 14.4. The molecule has 0 spiro atoms. The summed E-state index contributed by atoms with van der Waals surface area (Å²) in [5.41, 5.74) is 2.72. The number of allylic oxidation sites excluding steroid dienone is 1. The lowest BCUT2D eigenvalue weighted by Gasteiger charge is -2.35. The average Bonchev–Trinajstić information content (AvgIpc) is 3.36. The Balaban J connectivity index is 1.28. The molecular formula is C39H48N4O7. The number of fused-ring (bicyclic) bond motifs is 2. The van der Waals surface area contributed by atoms with Crippen LogP contribution in [0.2, 0.25) is 0 Å². The van der Waals surface area contributed by atoms with Crippen molar-refractivity contribution in [3.8, 4) is 0 Å². The Labute approximate surface area is 293 Å². The summed E-state index contributed by atoms with van der Waals surface area (Å²) in [6.07, 6.45) is 6.12. The number of oxime groups is 1. The molecule has 266 valence electrons. The number of aliphatic carboxylic acids is 1. The molecule has 3 fully saturated rings. The highest BCUT2D eigenvalue weighted by molar-refractivity contribution is 6.14. The molecule has 1 aliphatic heterocycles. The monoisotopic (exact) mass is 684 g/mol. The minimum absolute atomic E-state index is 0.0130. The summed E-state index contributed by atoms with van der Waals surface area (Å²) in [4.78, 5) is 61.5. The van der Waals surface area contributed by atoms with Crippen molar-refractivity contribution in [1.82, 2.24) is 15.5 Å². The van der Waals surface area contributed by atoms with Gasteiger partial charge in [-0.15, -0.1) is 6.58 Å². The zero-order valence-electron chi connectivity index (χ0n) is 29.2. The Morgan fingerprint density at radius 2 is 1.64 bits per heavy atom. The van der Waals surface area contributed by atoms with Crippen LogP contribution in [-0.4, -0.2) is 76.0 Å². The third-order valence-electron chi connectivity index (χ3n) is 10.6. The van der Waals surface area contributed by atoms with Crippen molar-refractivity contribution >= 4 is 29.6 Å². The van der Waals surface area contributed by atoms with Gasteiger partial charge in [-0.1, -0.05) is 80.5 Å². The number of alkyl carbamates (subject to hydrolysis) is 1. The molecular weight excluding hydrogens is 636 g/mol. The van der Waals surface area contributed by atoms with Gasteiger partial charge in [0.2, 0.25) is 11.8 Å².